The first-order valence-electron chi connectivity index (χ1n) is 5.43. The van der Waals surface area contributed by atoms with Crippen molar-refractivity contribution in [3.63, 3.8) is 0 Å². The maximum atomic E-state index is 10.6. The Labute approximate surface area is 114 Å². The minimum absolute atomic E-state index is 0.498. The summed E-state index contributed by atoms with van der Waals surface area (Å²) in [6, 6.07) is 5.48. The average Bonchev–Trinajstić information content (AvgIpc) is 2.60. The second-order valence-electron chi connectivity index (χ2n) is 3.76. The largest absolute Gasteiger partial charge is 0.478 e. The lowest BCUT2D eigenvalue weighted by atomic mass is 10.1. The molecule has 3 nitrogen and oxygen atoms in total. The Morgan fingerprint density at radius 2 is 2.17 bits per heavy atom. The molecule has 2 rings (SSSR count). The molecule has 0 fully saturated rings. The third-order valence-corrected chi connectivity index (χ3v) is 3.43. The first kappa shape index (κ1) is 13.0. The van der Waals surface area contributed by atoms with Gasteiger partial charge in [0.1, 0.15) is 5.15 Å². The molecule has 0 atom stereocenters. The van der Waals surface area contributed by atoms with Crippen LogP contribution in [0.5, 0.6) is 0 Å². The lowest BCUT2D eigenvalue weighted by Gasteiger charge is -2.03. The van der Waals surface area contributed by atoms with Gasteiger partial charge in [0, 0.05) is 23.6 Å². The van der Waals surface area contributed by atoms with Crippen molar-refractivity contribution < 1.29 is 9.90 Å². The summed E-state index contributed by atoms with van der Waals surface area (Å²) in [5.74, 6) is -1.01. The van der Waals surface area contributed by atoms with Crippen molar-refractivity contribution in [2.75, 3.05) is 0 Å². The molecule has 0 saturated heterocycles. The molecule has 94 valence electrons. The highest BCUT2D eigenvalue weighted by atomic mass is 35.5. The number of fused-ring (bicyclic) bond motifs is 1. The number of carbonyl (C=O) groups is 1. The van der Waals surface area contributed by atoms with Crippen molar-refractivity contribution in [3.8, 4) is 0 Å². The highest BCUT2D eigenvalue weighted by Crippen LogP contribution is 2.35. The van der Waals surface area contributed by atoms with Gasteiger partial charge in [0.15, 0.2) is 0 Å². The lowest BCUT2D eigenvalue weighted by molar-refractivity contribution is -0.131. The van der Waals surface area contributed by atoms with Crippen LogP contribution in [-0.4, -0.2) is 15.6 Å². The Hall–Kier alpha value is -1.45. The molecule has 0 aliphatic carbocycles. The van der Waals surface area contributed by atoms with E-state index >= 15 is 0 Å². The van der Waals surface area contributed by atoms with E-state index in [2.05, 4.69) is 0 Å². The molecular weight excluding hydrogens is 273 g/mol. The molecular formula is C13H11Cl2NO2. The summed E-state index contributed by atoms with van der Waals surface area (Å²) in [6.45, 7) is 2.62. The van der Waals surface area contributed by atoms with Crippen LogP contribution >= 0.6 is 23.2 Å². The van der Waals surface area contributed by atoms with Crippen LogP contribution in [0.25, 0.3) is 17.0 Å². The Bertz CT molecular complexity index is 644. The van der Waals surface area contributed by atoms with Gasteiger partial charge in [0.25, 0.3) is 0 Å². The van der Waals surface area contributed by atoms with Crippen molar-refractivity contribution in [2.24, 2.45) is 0 Å². The third-order valence-electron chi connectivity index (χ3n) is 2.71. The molecule has 0 amide bonds. The van der Waals surface area contributed by atoms with Gasteiger partial charge in [0.2, 0.25) is 0 Å². The fourth-order valence-corrected chi connectivity index (χ4v) is 2.62. The molecule has 0 bridgehead atoms. The third kappa shape index (κ3) is 2.11. The number of aryl methyl sites for hydroxylation is 1. The van der Waals surface area contributed by atoms with Crippen molar-refractivity contribution in [2.45, 2.75) is 13.5 Å². The summed E-state index contributed by atoms with van der Waals surface area (Å²) in [5.41, 5.74) is 1.51. The maximum absolute atomic E-state index is 10.6. The zero-order valence-electron chi connectivity index (χ0n) is 9.65. The van der Waals surface area contributed by atoms with Crippen molar-refractivity contribution in [1.29, 1.82) is 0 Å². The van der Waals surface area contributed by atoms with Crippen LogP contribution in [0.3, 0.4) is 0 Å². The molecule has 2 aromatic rings. The minimum Gasteiger partial charge on any atom is -0.478 e. The van der Waals surface area contributed by atoms with Crippen LogP contribution < -0.4 is 0 Å². The number of nitrogens with zero attached hydrogens (tertiary/aromatic N) is 1. The summed E-state index contributed by atoms with van der Waals surface area (Å²) >= 11 is 12.4. The van der Waals surface area contributed by atoms with Crippen LogP contribution in [0.1, 0.15) is 12.5 Å². The maximum Gasteiger partial charge on any atom is 0.328 e. The van der Waals surface area contributed by atoms with Crippen LogP contribution in [0.4, 0.5) is 0 Å². The Kier molecular flexibility index (Phi) is 3.64. The molecule has 1 N–H and O–H groups in total. The van der Waals surface area contributed by atoms with Gasteiger partial charge < -0.3 is 9.67 Å². The number of halogens is 2. The Morgan fingerprint density at radius 1 is 1.44 bits per heavy atom. The van der Waals surface area contributed by atoms with Gasteiger partial charge in [-0.1, -0.05) is 35.3 Å². The second-order valence-corrected chi connectivity index (χ2v) is 4.52. The zero-order valence-corrected chi connectivity index (χ0v) is 11.2. The van der Waals surface area contributed by atoms with E-state index in [0.717, 1.165) is 17.0 Å². The van der Waals surface area contributed by atoms with Crippen molar-refractivity contribution >= 4 is 46.2 Å². The number of aliphatic carboxylic acids is 1. The number of hydrogen-bond acceptors (Lipinski definition) is 1. The molecule has 1 aromatic carbocycles. The first-order chi connectivity index (χ1) is 8.56. The summed E-state index contributed by atoms with van der Waals surface area (Å²) in [6.07, 6.45) is 2.57. The molecule has 0 saturated carbocycles. The van der Waals surface area contributed by atoms with Gasteiger partial charge in [-0.2, -0.15) is 0 Å². The van der Waals surface area contributed by atoms with E-state index in [0.29, 0.717) is 22.3 Å². The highest BCUT2D eigenvalue weighted by molar-refractivity contribution is 6.37. The molecule has 1 heterocycles. The summed E-state index contributed by atoms with van der Waals surface area (Å²) in [7, 11) is 0. The number of rotatable bonds is 3. The molecule has 0 unspecified atom stereocenters. The number of benzene rings is 1. The summed E-state index contributed by atoms with van der Waals surface area (Å²) < 4.78 is 1.86. The van der Waals surface area contributed by atoms with Crippen LogP contribution in [-0.2, 0) is 11.3 Å². The van der Waals surface area contributed by atoms with Gasteiger partial charge in [-0.25, -0.2) is 4.79 Å². The van der Waals surface area contributed by atoms with E-state index in [1.807, 2.05) is 23.6 Å². The molecule has 1 aromatic heterocycles. The summed E-state index contributed by atoms with van der Waals surface area (Å²) in [4.78, 5) is 10.6. The van der Waals surface area contributed by atoms with E-state index in [4.69, 9.17) is 28.3 Å². The SMILES string of the molecule is CCn1c(Cl)c(/C=C/C(=O)O)c2cccc(Cl)c21. The number of carboxylic acids is 1. The van der Waals surface area contributed by atoms with Gasteiger partial charge in [-0.15, -0.1) is 0 Å². The predicted molar refractivity (Wildman–Crippen MR) is 74.3 cm³/mol. The quantitative estimate of drug-likeness (QED) is 0.863. The van der Waals surface area contributed by atoms with Crippen LogP contribution in [0.15, 0.2) is 24.3 Å². The van der Waals surface area contributed by atoms with E-state index in [1.165, 1.54) is 6.08 Å². The fourth-order valence-electron chi connectivity index (χ4n) is 1.97. The molecule has 5 heteroatoms. The van der Waals surface area contributed by atoms with Crippen LogP contribution in [0.2, 0.25) is 10.2 Å². The topological polar surface area (TPSA) is 42.2 Å². The lowest BCUT2D eigenvalue weighted by Crippen LogP contribution is -1.93. The number of hydrogen-bond donors (Lipinski definition) is 1. The first-order valence-corrected chi connectivity index (χ1v) is 6.19. The van der Waals surface area contributed by atoms with Crippen LogP contribution in [0, 0.1) is 0 Å². The molecule has 0 aliphatic heterocycles. The number of para-hydroxylation sites is 1. The van der Waals surface area contributed by atoms with E-state index in [1.54, 1.807) is 6.07 Å². The van der Waals surface area contributed by atoms with E-state index < -0.39 is 5.97 Å². The molecule has 0 aliphatic rings. The van der Waals surface area contributed by atoms with Crippen molar-refractivity contribution in [3.05, 3.63) is 40.0 Å². The van der Waals surface area contributed by atoms with Gasteiger partial charge in [-0.3, -0.25) is 0 Å². The van der Waals surface area contributed by atoms with Gasteiger partial charge in [0.05, 0.1) is 10.5 Å². The number of carboxylic acid groups (broad SMARTS) is 1. The fraction of sp³-hybridized carbons (Fsp3) is 0.154. The monoisotopic (exact) mass is 283 g/mol. The Balaban J connectivity index is 2.77. The molecule has 0 spiro atoms. The number of aromatic nitrogens is 1. The minimum atomic E-state index is -1.01. The van der Waals surface area contributed by atoms with Gasteiger partial charge in [-0.05, 0) is 19.1 Å². The highest BCUT2D eigenvalue weighted by Gasteiger charge is 2.15. The smallest absolute Gasteiger partial charge is 0.328 e. The van der Waals surface area contributed by atoms with E-state index in [-0.39, 0.29) is 0 Å². The van der Waals surface area contributed by atoms with E-state index in [9.17, 15) is 4.79 Å². The second kappa shape index (κ2) is 5.04. The summed E-state index contributed by atoms with van der Waals surface area (Å²) in [5, 5.41) is 10.6. The standard InChI is InChI=1S/C13H11Cl2NO2/c1-2-16-12-8(4-3-5-10(12)14)9(13(16)15)6-7-11(17)18/h3-7H,2H2,1H3,(H,17,18)/b7-6+. The average molecular weight is 284 g/mol. The van der Waals surface area contributed by atoms with Crippen molar-refractivity contribution in [1.82, 2.24) is 4.57 Å². The Morgan fingerprint density at radius 3 is 2.78 bits per heavy atom. The zero-order chi connectivity index (χ0) is 13.3. The molecule has 0 radical (unpaired) electrons. The molecule has 18 heavy (non-hydrogen) atoms. The predicted octanol–water partition coefficient (Wildman–Crippen LogP) is 4.07. The van der Waals surface area contributed by atoms with Gasteiger partial charge >= 0.3 is 5.97 Å². The normalized spacial score (nSPS) is 11.5.